The number of thioether (sulfide) groups is 1. The van der Waals surface area contributed by atoms with E-state index in [1.54, 1.807) is 18.0 Å². The number of halogens is 1. The van der Waals surface area contributed by atoms with Gasteiger partial charge in [-0.25, -0.2) is 0 Å². The largest absolute Gasteiger partial charge is 0.467 e. The van der Waals surface area contributed by atoms with Crippen molar-refractivity contribution in [2.75, 3.05) is 0 Å². The number of furan rings is 1. The van der Waals surface area contributed by atoms with Gasteiger partial charge in [0.15, 0.2) is 5.17 Å². The van der Waals surface area contributed by atoms with Crippen LogP contribution in [0.15, 0.2) is 39.9 Å². The van der Waals surface area contributed by atoms with Crippen molar-refractivity contribution in [1.82, 2.24) is 0 Å². The van der Waals surface area contributed by atoms with Gasteiger partial charge < -0.3 is 10.2 Å². The Bertz CT molecular complexity index is 665. The summed E-state index contributed by atoms with van der Waals surface area (Å²) in [5.41, 5.74) is 11.5. The predicted octanol–water partition coefficient (Wildman–Crippen LogP) is 5.36. The van der Waals surface area contributed by atoms with Gasteiger partial charge in [0.1, 0.15) is 5.76 Å². The van der Waals surface area contributed by atoms with Crippen molar-refractivity contribution in [3.63, 3.8) is 0 Å². The van der Waals surface area contributed by atoms with Crippen LogP contribution >= 0.6 is 24.2 Å². The van der Waals surface area contributed by atoms with Gasteiger partial charge >= 0.3 is 0 Å². The number of aliphatic imine (C=N–C) groups is 1. The van der Waals surface area contributed by atoms with Crippen LogP contribution < -0.4 is 5.73 Å². The monoisotopic (exact) mass is 366 g/mol. The van der Waals surface area contributed by atoms with Crippen molar-refractivity contribution < 1.29 is 4.42 Å². The fraction of sp³-hybridized carbons (Fsp3) is 0.421. The number of aryl methyl sites for hydroxylation is 2. The smallest absolute Gasteiger partial charge is 0.154 e. The highest BCUT2D eigenvalue weighted by atomic mass is 35.5. The lowest BCUT2D eigenvalue weighted by atomic mass is 9.84. The van der Waals surface area contributed by atoms with Crippen LogP contribution in [-0.4, -0.2) is 5.17 Å². The minimum atomic E-state index is 0. The summed E-state index contributed by atoms with van der Waals surface area (Å²) in [4.78, 5) is 4.36. The van der Waals surface area contributed by atoms with Gasteiger partial charge in [0.25, 0.3) is 0 Å². The van der Waals surface area contributed by atoms with Crippen molar-refractivity contribution in [2.45, 2.75) is 52.3 Å². The highest BCUT2D eigenvalue weighted by molar-refractivity contribution is 8.13. The van der Waals surface area contributed by atoms with Crippen molar-refractivity contribution in [2.24, 2.45) is 10.7 Å². The summed E-state index contributed by atoms with van der Waals surface area (Å²) in [6.45, 7) is 11.6. The molecule has 0 unspecified atom stereocenters. The molecule has 0 radical (unpaired) electrons. The maximum Gasteiger partial charge on any atom is 0.154 e. The molecule has 24 heavy (non-hydrogen) atoms. The van der Waals surface area contributed by atoms with Crippen LogP contribution in [0, 0.1) is 13.8 Å². The van der Waals surface area contributed by atoms with Gasteiger partial charge in [0.2, 0.25) is 0 Å². The maximum absolute atomic E-state index is 6.01. The number of nitrogens with two attached hydrogens (primary N) is 1. The van der Waals surface area contributed by atoms with Crippen LogP contribution in [0.4, 0.5) is 0 Å². The number of hydrogen-bond donors (Lipinski definition) is 1. The van der Waals surface area contributed by atoms with Gasteiger partial charge in [0.05, 0.1) is 12.8 Å². The molecule has 5 heteroatoms. The second-order valence-electron chi connectivity index (χ2n) is 6.86. The molecule has 2 N–H and O–H groups in total. The Hall–Kier alpha value is -1.39. The minimum absolute atomic E-state index is 0. The molecule has 0 fully saturated rings. The zero-order valence-corrected chi connectivity index (χ0v) is 16.7. The normalized spacial score (nSPS) is 12.1. The lowest BCUT2D eigenvalue weighted by Gasteiger charge is -2.22. The first-order valence-corrected chi connectivity index (χ1v) is 8.81. The molecule has 0 atom stereocenters. The SMILES string of the molecule is Cc1cc(C(C)(C)C)cc(C)c1CSC(N)=NCc1ccco1.Cl. The molecule has 0 aliphatic carbocycles. The van der Waals surface area contributed by atoms with E-state index in [4.69, 9.17) is 10.2 Å². The van der Waals surface area contributed by atoms with E-state index in [2.05, 4.69) is 51.7 Å². The van der Waals surface area contributed by atoms with Crippen LogP contribution in [0.25, 0.3) is 0 Å². The van der Waals surface area contributed by atoms with Gasteiger partial charge in [-0.2, -0.15) is 0 Å². The van der Waals surface area contributed by atoms with Crippen molar-refractivity contribution >= 4 is 29.3 Å². The third kappa shape index (κ3) is 5.60. The molecule has 0 bridgehead atoms. The summed E-state index contributed by atoms with van der Waals surface area (Å²) in [5, 5.41) is 0.597. The third-order valence-electron chi connectivity index (χ3n) is 3.90. The molecule has 0 aliphatic heterocycles. The second-order valence-corrected chi connectivity index (χ2v) is 7.86. The van der Waals surface area contributed by atoms with Crippen LogP contribution in [0.3, 0.4) is 0 Å². The second kappa shape index (κ2) is 8.63. The minimum Gasteiger partial charge on any atom is -0.467 e. The predicted molar refractivity (Wildman–Crippen MR) is 107 cm³/mol. The van der Waals surface area contributed by atoms with Crippen molar-refractivity contribution in [3.8, 4) is 0 Å². The Kier molecular flexibility index (Phi) is 7.43. The molecule has 2 aromatic rings. The number of rotatable bonds is 4. The van der Waals surface area contributed by atoms with E-state index in [1.165, 1.54) is 22.3 Å². The quantitative estimate of drug-likeness (QED) is 0.585. The molecular formula is C19H27ClN2OS. The third-order valence-corrected chi connectivity index (χ3v) is 4.76. The molecule has 3 nitrogen and oxygen atoms in total. The Morgan fingerprint density at radius 1 is 1.21 bits per heavy atom. The van der Waals surface area contributed by atoms with Gasteiger partial charge in [-0.15, -0.1) is 12.4 Å². The molecule has 0 spiro atoms. The Balaban J connectivity index is 0.00000288. The Labute approximate surface area is 155 Å². The summed E-state index contributed by atoms with van der Waals surface area (Å²) >= 11 is 1.58. The van der Waals surface area contributed by atoms with Crippen LogP contribution in [0.1, 0.15) is 48.8 Å². The van der Waals surface area contributed by atoms with E-state index >= 15 is 0 Å². The van der Waals surface area contributed by atoms with E-state index in [0.717, 1.165) is 11.5 Å². The van der Waals surface area contributed by atoms with Crippen LogP contribution in [-0.2, 0) is 17.7 Å². The Morgan fingerprint density at radius 3 is 2.33 bits per heavy atom. The maximum atomic E-state index is 6.01. The molecule has 0 aliphatic rings. The average molecular weight is 367 g/mol. The molecule has 0 saturated carbocycles. The molecule has 0 amide bonds. The summed E-state index contributed by atoms with van der Waals surface area (Å²) < 4.78 is 5.26. The summed E-state index contributed by atoms with van der Waals surface area (Å²) in [6, 6.07) is 8.34. The first-order valence-electron chi connectivity index (χ1n) is 7.83. The molecule has 0 saturated heterocycles. The van der Waals surface area contributed by atoms with E-state index < -0.39 is 0 Å². The van der Waals surface area contributed by atoms with Crippen LogP contribution in [0.2, 0.25) is 0 Å². The first-order chi connectivity index (χ1) is 10.8. The highest BCUT2D eigenvalue weighted by Crippen LogP contribution is 2.28. The molecular weight excluding hydrogens is 340 g/mol. The zero-order valence-electron chi connectivity index (χ0n) is 15.1. The Morgan fingerprint density at radius 2 is 1.83 bits per heavy atom. The number of benzene rings is 1. The van der Waals surface area contributed by atoms with Crippen molar-refractivity contribution in [3.05, 3.63) is 58.5 Å². The first kappa shape index (κ1) is 20.7. The molecule has 132 valence electrons. The van der Waals surface area contributed by atoms with Crippen molar-refractivity contribution in [1.29, 1.82) is 0 Å². The van der Waals surface area contributed by atoms with Gasteiger partial charge in [-0.05, 0) is 53.6 Å². The van der Waals surface area contributed by atoms with E-state index in [1.807, 2.05) is 12.1 Å². The highest BCUT2D eigenvalue weighted by Gasteiger charge is 2.16. The van der Waals surface area contributed by atoms with E-state index in [0.29, 0.717) is 11.7 Å². The van der Waals surface area contributed by atoms with Gasteiger partial charge in [0, 0.05) is 5.75 Å². The molecule has 1 aromatic carbocycles. The summed E-state index contributed by atoms with van der Waals surface area (Å²) in [7, 11) is 0. The molecule has 1 aromatic heterocycles. The van der Waals surface area contributed by atoms with E-state index in [-0.39, 0.29) is 17.8 Å². The average Bonchev–Trinajstić information content (AvgIpc) is 2.96. The summed E-state index contributed by atoms with van der Waals surface area (Å²) in [5.74, 6) is 1.67. The van der Waals surface area contributed by atoms with Gasteiger partial charge in [-0.1, -0.05) is 44.7 Å². The summed E-state index contributed by atoms with van der Waals surface area (Å²) in [6.07, 6.45) is 1.65. The lowest BCUT2D eigenvalue weighted by Crippen LogP contribution is -2.13. The topological polar surface area (TPSA) is 51.5 Å². The zero-order chi connectivity index (χ0) is 17.0. The fourth-order valence-corrected chi connectivity index (χ4v) is 3.31. The molecule has 1 heterocycles. The van der Waals surface area contributed by atoms with Crippen LogP contribution in [0.5, 0.6) is 0 Å². The fourth-order valence-electron chi connectivity index (χ4n) is 2.40. The standard InChI is InChI=1S/C19H26N2OS.ClH/c1-13-9-15(19(3,4)5)10-14(2)17(13)12-23-18(20)21-11-16-7-6-8-22-16;/h6-10H,11-12H2,1-5H3,(H2,20,21);1H. The van der Waals surface area contributed by atoms with Gasteiger partial charge in [-0.3, -0.25) is 4.99 Å². The number of amidine groups is 1. The number of hydrogen-bond acceptors (Lipinski definition) is 3. The lowest BCUT2D eigenvalue weighted by molar-refractivity contribution is 0.513. The number of nitrogens with zero attached hydrogens (tertiary/aromatic N) is 1. The van der Waals surface area contributed by atoms with E-state index in [9.17, 15) is 0 Å². The molecule has 2 rings (SSSR count).